The predicted molar refractivity (Wildman–Crippen MR) is 145 cm³/mol. The van der Waals surface area contributed by atoms with Crippen molar-refractivity contribution in [3.05, 3.63) is 82.6 Å². The zero-order chi connectivity index (χ0) is 28.6. The quantitative estimate of drug-likeness (QED) is 0.309. The Bertz CT molecular complexity index is 1450. The third-order valence-electron chi connectivity index (χ3n) is 7.33. The lowest BCUT2D eigenvalue weighted by atomic mass is 9.89. The molecule has 11 heteroatoms. The number of aliphatic carboxylic acids is 1. The van der Waals surface area contributed by atoms with Crippen LogP contribution in [-0.2, 0) is 11.0 Å². The molecular formula is C29H26ClF4N3O3. The summed E-state index contributed by atoms with van der Waals surface area (Å²) in [4.78, 5) is 20.3. The number of hydrogen-bond acceptors (Lipinski definition) is 5. The molecule has 210 valence electrons. The number of rotatable bonds is 6. The van der Waals surface area contributed by atoms with Gasteiger partial charge in [-0.15, -0.1) is 0 Å². The van der Waals surface area contributed by atoms with Crippen molar-refractivity contribution in [3.8, 4) is 5.75 Å². The zero-order valence-corrected chi connectivity index (χ0v) is 22.2. The molecule has 1 saturated heterocycles. The number of carboxylic acids is 1. The number of ether oxygens (including phenoxy) is 1. The van der Waals surface area contributed by atoms with Crippen LogP contribution in [0.5, 0.6) is 5.75 Å². The van der Waals surface area contributed by atoms with Gasteiger partial charge in [0.25, 0.3) is 0 Å². The van der Waals surface area contributed by atoms with Gasteiger partial charge >= 0.3 is 12.1 Å². The van der Waals surface area contributed by atoms with Gasteiger partial charge < -0.3 is 19.6 Å². The summed E-state index contributed by atoms with van der Waals surface area (Å²) < 4.78 is 61.9. The maximum absolute atomic E-state index is 15.1. The van der Waals surface area contributed by atoms with Crippen LogP contribution in [0.4, 0.5) is 34.6 Å². The normalized spacial score (nSPS) is 17.9. The molecule has 2 aliphatic rings. The molecule has 0 radical (unpaired) electrons. The second-order valence-corrected chi connectivity index (χ2v) is 10.2. The minimum absolute atomic E-state index is 0.00298. The summed E-state index contributed by atoms with van der Waals surface area (Å²) in [5.41, 5.74) is 0.324. The number of carbonyl (C=O) groups is 1. The first-order chi connectivity index (χ1) is 19.1. The Balaban J connectivity index is 1.62. The highest BCUT2D eigenvalue weighted by atomic mass is 35.5. The molecule has 1 unspecified atom stereocenters. The lowest BCUT2D eigenvalue weighted by Gasteiger charge is -2.43. The summed E-state index contributed by atoms with van der Waals surface area (Å²) in [5.74, 6) is -1.68. The minimum Gasteiger partial charge on any atom is -0.495 e. The van der Waals surface area contributed by atoms with Crippen molar-refractivity contribution in [1.29, 1.82) is 0 Å². The van der Waals surface area contributed by atoms with Crippen molar-refractivity contribution in [2.45, 2.75) is 31.5 Å². The zero-order valence-electron chi connectivity index (χ0n) is 21.5. The van der Waals surface area contributed by atoms with Crippen LogP contribution in [0.3, 0.4) is 0 Å². The highest BCUT2D eigenvalue weighted by molar-refractivity contribution is 6.30. The highest BCUT2D eigenvalue weighted by Crippen LogP contribution is 2.47. The molecule has 1 N–H and O–H groups in total. The molecular weight excluding hydrogens is 550 g/mol. The average Bonchev–Trinajstić information content (AvgIpc) is 2.92. The van der Waals surface area contributed by atoms with Gasteiger partial charge in [-0.25, -0.2) is 9.38 Å². The van der Waals surface area contributed by atoms with E-state index in [1.807, 2.05) is 18.2 Å². The molecule has 3 aromatic carbocycles. The van der Waals surface area contributed by atoms with Crippen molar-refractivity contribution >= 4 is 40.5 Å². The predicted octanol–water partition coefficient (Wildman–Crippen LogP) is 7.49. The van der Waals surface area contributed by atoms with Crippen molar-refractivity contribution in [2.75, 3.05) is 30.0 Å². The molecule has 0 aromatic heterocycles. The van der Waals surface area contributed by atoms with Crippen LogP contribution in [0.1, 0.15) is 36.4 Å². The van der Waals surface area contributed by atoms with E-state index in [1.54, 1.807) is 12.1 Å². The van der Waals surface area contributed by atoms with E-state index < -0.39 is 36.0 Å². The molecule has 0 bridgehead atoms. The van der Waals surface area contributed by atoms with Gasteiger partial charge in [0.15, 0.2) is 0 Å². The first-order valence-electron chi connectivity index (χ1n) is 12.7. The smallest absolute Gasteiger partial charge is 0.416 e. The number of methoxy groups -OCH3 is 1. The van der Waals surface area contributed by atoms with E-state index in [-0.39, 0.29) is 28.6 Å². The fraction of sp³-hybridized carbons (Fsp3) is 0.310. The van der Waals surface area contributed by atoms with Gasteiger partial charge in [-0.05, 0) is 55.3 Å². The van der Waals surface area contributed by atoms with Gasteiger partial charge in [0, 0.05) is 35.3 Å². The number of nitrogens with zero attached hydrogens (tertiary/aromatic N) is 3. The Morgan fingerprint density at radius 1 is 1.10 bits per heavy atom. The number of para-hydroxylation sites is 1. The number of fused-ring (bicyclic) bond motifs is 1. The Kier molecular flexibility index (Phi) is 7.63. The average molecular weight is 576 g/mol. The molecule has 6 nitrogen and oxygen atoms in total. The number of piperidine rings is 1. The summed E-state index contributed by atoms with van der Waals surface area (Å²) in [6.07, 6.45) is -4.04. The third kappa shape index (κ3) is 5.45. The Labute approximate surface area is 233 Å². The molecule has 2 heterocycles. The number of hydrogen-bond donors (Lipinski definition) is 1. The van der Waals surface area contributed by atoms with Crippen LogP contribution >= 0.6 is 11.6 Å². The number of halogens is 5. The summed E-state index contributed by atoms with van der Waals surface area (Å²) in [5, 5.41) is 10.4. The fourth-order valence-corrected chi connectivity index (χ4v) is 5.64. The highest BCUT2D eigenvalue weighted by Gasteiger charge is 2.40. The van der Waals surface area contributed by atoms with Crippen LogP contribution in [0.2, 0.25) is 5.02 Å². The van der Waals surface area contributed by atoms with Gasteiger partial charge in [0.1, 0.15) is 23.1 Å². The van der Waals surface area contributed by atoms with Crippen molar-refractivity contribution in [2.24, 2.45) is 10.9 Å². The molecule has 0 amide bonds. The second kappa shape index (κ2) is 11.0. The van der Waals surface area contributed by atoms with E-state index in [4.69, 9.17) is 16.3 Å². The molecule has 0 saturated carbocycles. The summed E-state index contributed by atoms with van der Waals surface area (Å²) in [6, 6.07) is 13.7. The molecule has 1 fully saturated rings. The van der Waals surface area contributed by atoms with E-state index in [0.717, 1.165) is 17.8 Å². The molecule has 0 aliphatic carbocycles. The van der Waals surface area contributed by atoms with Crippen molar-refractivity contribution in [1.82, 2.24) is 0 Å². The first-order valence-corrected chi connectivity index (χ1v) is 13.1. The topological polar surface area (TPSA) is 65.4 Å². The number of carboxylic acid groups (broad SMARTS) is 1. The fourth-order valence-electron chi connectivity index (χ4n) is 5.46. The molecule has 2 aliphatic heterocycles. The monoisotopic (exact) mass is 575 g/mol. The lowest BCUT2D eigenvalue weighted by Crippen LogP contribution is -2.46. The molecule has 3 aromatic rings. The Hall–Kier alpha value is -3.79. The van der Waals surface area contributed by atoms with Crippen molar-refractivity contribution in [3.63, 3.8) is 0 Å². The summed E-state index contributed by atoms with van der Waals surface area (Å²) in [7, 11) is 1.33. The first kappa shape index (κ1) is 27.8. The number of alkyl halides is 3. The van der Waals surface area contributed by atoms with Gasteiger partial charge in [0.05, 0.1) is 30.8 Å². The summed E-state index contributed by atoms with van der Waals surface area (Å²) >= 11 is 6.17. The van der Waals surface area contributed by atoms with Gasteiger partial charge in [-0.1, -0.05) is 29.8 Å². The van der Waals surface area contributed by atoms with Gasteiger partial charge in [-0.2, -0.15) is 13.2 Å². The standard InChI is InChI=1S/C29H26ClF4N3O3/c1-40-25-9-8-18(29(32,33)34)14-24(25)37-23(16-26(38)39)21-6-3-7-22(31)27(21)35-28(37)17-10-12-36(13-11-17)20-5-2-4-19(30)15-20/h2-9,14-15,17,23H,10-13,16H2,1H3,(H,38,39). The Morgan fingerprint density at radius 3 is 2.48 bits per heavy atom. The Morgan fingerprint density at radius 2 is 1.82 bits per heavy atom. The van der Waals surface area contributed by atoms with Crippen LogP contribution in [0.15, 0.2) is 65.7 Å². The minimum atomic E-state index is -4.65. The second-order valence-electron chi connectivity index (χ2n) is 9.76. The molecule has 40 heavy (non-hydrogen) atoms. The summed E-state index contributed by atoms with van der Waals surface area (Å²) in [6.45, 7) is 1.18. The van der Waals surface area contributed by atoms with Crippen molar-refractivity contribution < 1.29 is 32.2 Å². The number of benzene rings is 3. The van der Waals surface area contributed by atoms with E-state index in [2.05, 4.69) is 9.89 Å². The number of aliphatic imine (C=N–C) groups is 1. The van der Waals surface area contributed by atoms with Crippen LogP contribution < -0.4 is 14.5 Å². The van der Waals surface area contributed by atoms with E-state index in [9.17, 15) is 23.1 Å². The van der Waals surface area contributed by atoms with Crippen LogP contribution in [0, 0.1) is 11.7 Å². The molecule has 5 rings (SSSR count). The maximum atomic E-state index is 15.1. The third-order valence-corrected chi connectivity index (χ3v) is 7.56. The number of anilines is 2. The van der Waals surface area contributed by atoms with Gasteiger partial charge in [-0.3, -0.25) is 4.79 Å². The number of amidine groups is 1. The molecule has 1 atom stereocenters. The largest absolute Gasteiger partial charge is 0.495 e. The lowest BCUT2D eigenvalue weighted by molar-refractivity contribution is -0.138. The van der Waals surface area contributed by atoms with E-state index >= 15 is 4.39 Å². The van der Waals surface area contributed by atoms with Gasteiger partial charge in [0.2, 0.25) is 0 Å². The van der Waals surface area contributed by atoms with E-state index in [1.165, 1.54) is 30.2 Å². The maximum Gasteiger partial charge on any atom is 0.416 e. The van der Waals surface area contributed by atoms with Crippen LogP contribution in [-0.4, -0.2) is 37.1 Å². The molecule has 0 spiro atoms. The van der Waals surface area contributed by atoms with E-state index in [0.29, 0.717) is 36.8 Å². The van der Waals surface area contributed by atoms with Crippen LogP contribution in [0.25, 0.3) is 0 Å². The SMILES string of the molecule is COc1ccc(C(F)(F)F)cc1N1C(C2CCN(c3cccc(Cl)c3)CC2)=Nc2c(F)cccc2C1CC(=O)O.